The van der Waals surface area contributed by atoms with Gasteiger partial charge in [0.2, 0.25) is 12.5 Å². The molecular formula is C24H22NO6+. The minimum atomic E-state index is -0.388. The van der Waals surface area contributed by atoms with E-state index in [1.54, 1.807) is 19.2 Å². The van der Waals surface area contributed by atoms with E-state index in [0.717, 1.165) is 29.7 Å². The molecule has 0 fully saturated rings. The molecule has 0 saturated carbocycles. The van der Waals surface area contributed by atoms with Crippen LogP contribution >= 0.6 is 0 Å². The second-order valence-electron chi connectivity index (χ2n) is 7.56. The first-order chi connectivity index (χ1) is 15.1. The SMILES string of the molecule is COc1c2c(cc3c1[C@@H](C#CCOc1ccc4ccc(=O)oc4c1)[NH+](C)CC3)OCO2. The van der Waals surface area contributed by atoms with Crippen molar-refractivity contribution in [2.45, 2.75) is 12.5 Å². The Balaban J connectivity index is 1.39. The molecule has 2 aliphatic rings. The lowest BCUT2D eigenvalue weighted by molar-refractivity contribution is -0.905. The van der Waals surface area contributed by atoms with Crippen LogP contribution in [-0.2, 0) is 6.42 Å². The molecule has 158 valence electrons. The number of benzene rings is 2. The molecule has 0 aliphatic carbocycles. The standard InChI is InChI=1S/C24H21NO6/c1-25-10-9-16-12-20-23(30-14-29-20)24(27-2)22(16)18(25)4-3-11-28-17-7-5-15-6-8-21(26)31-19(15)13-17/h5-8,12-13,18H,9-11,14H2,1-2H3/p+1/t18-/m1/s1. The lowest BCUT2D eigenvalue weighted by Gasteiger charge is -2.29. The molecular weight excluding hydrogens is 398 g/mol. The van der Waals surface area contributed by atoms with Gasteiger partial charge in [0.25, 0.3) is 0 Å². The smallest absolute Gasteiger partial charge is 0.336 e. The number of methoxy groups -OCH3 is 1. The zero-order valence-electron chi connectivity index (χ0n) is 17.3. The lowest BCUT2D eigenvalue weighted by atomic mass is 9.91. The van der Waals surface area contributed by atoms with Gasteiger partial charge in [0.05, 0.1) is 26.3 Å². The fraction of sp³-hybridized carbons (Fsp3) is 0.292. The normalized spacial score (nSPS) is 18.8. The summed E-state index contributed by atoms with van der Waals surface area (Å²) in [5.41, 5.74) is 2.33. The fourth-order valence-corrected chi connectivity index (χ4v) is 4.12. The van der Waals surface area contributed by atoms with Crippen LogP contribution in [-0.4, -0.2) is 34.1 Å². The molecule has 3 heterocycles. The van der Waals surface area contributed by atoms with Crippen LogP contribution in [0.4, 0.5) is 0 Å². The first-order valence-electron chi connectivity index (χ1n) is 10.1. The van der Waals surface area contributed by atoms with Crippen LogP contribution in [0.15, 0.2) is 45.6 Å². The van der Waals surface area contributed by atoms with Gasteiger partial charge < -0.3 is 28.3 Å². The second-order valence-corrected chi connectivity index (χ2v) is 7.56. The van der Waals surface area contributed by atoms with Gasteiger partial charge in [0.15, 0.2) is 17.5 Å². The van der Waals surface area contributed by atoms with E-state index < -0.39 is 0 Å². The third-order valence-corrected chi connectivity index (χ3v) is 5.67. The molecule has 31 heavy (non-hydrogen) atoms. The van der Waals surface area contributed by atoms with Crippen molar-refractivity contribution in [2.24, 2.45) is 0 Å². The molecule has 7 nitrogen and oxygen atoms in total. The van der Waals surface area contributed by atoms with E-state index in [2.05, 4.69) is 18.9 Å². The second kappa shape index (κ2) is 7.89. The Morgan fingerprint density at radius 3 is 2.94 bits per heavy atom. The third kappa shape index (κ3) is 3.56. The average Bonchev–Trinajstić information content (AvgIpc) is 3.24. The number of nitrogens with one attached hydrogen (secondary N) is 1. The van der Waals surface area contributed by atoms with E-state index in [1.165, 1.54) is 16.5 Å². The van der Waals surface area contributed by atoms with E-state index in [1.807, 2.05) is 18.2 Å². The van der Waals surface area contributed by atoms with Crippen LogP contribution in [0.5, 0.6) is 23.0 Å². The van der Waals surface area contributed by atoms with Gasteiger partial charge in [0.1, 0.15) is 17.9 Å². The molecule has 1 N–H and O–H groups in total. The highest BCUT2D eigenvalue weighted by Gasteiger charge is 2.35. The first kappa shape index (κ1) is 19.3. The van der Waals surface area contributed by atoms with Gasteiger partial charge in [-0.1, -0.05) is 5.92 Å². The van der Waals surface area contributed by atoms with Gasteiger partial charge in [-0.2, -0.15) is 0 Å². The Morgan fingerprint density at radius 2 is 2.06 bits per heavy atom. The van der Waals surface area contributed by atoms with Crippen molar-refractivity contribution < 1.29 is 28.3 Å². The highest BCUT2D eigenvalue weighted by atomic mass is 16.7. The van der Waals surface area contributed by atoms with Crippen molar-refractivity contribution in [3.63, 3.8) is 0 Å². The van der Waals surface area contributed by atoms with E-state index in [9.17, 15) is 4.79 Å². The maximum atomic E-state index is 11.4. The lowest BCUT2D eigenvalue weighted by Crippen LogP contribution is -3.10. The molecule has 2 atom stereocenters. The molecule has 5 rings (SSSR count). The van der Waals surface area contributed by atoms with Crippen molar-refractivity contribution in [1.29, 1.82) is 0 Å². The van der Waals surface area contributed by atoms with E-state index >= 15 is 0 Å². The molecule has 2 aromatic carbocycles. The monoisotopic (exact) mass is 420 g/mol. The highest BCUT2D eigenvalue weighted by Crippen LogP contribution is 2.47. The maximum absolute atomic E-state index is 11.4. The third-order valence-electron chi connectivity index (χ3n) is 5.67. The van der Waals surface area contributed by atoms with Crippen LogP contribution in [0.25, 0.3) is 11.0 Å². The average molecular weight is 420 g/mol. The Labute approximate surface area is 179 Å². The van der Waals surface area contributed by atoms with Gasteiger partial charge >= 0.3 is 5.63 Å². The van der Waals surface area contributed by atoms with Gasteiger partial charge in [-0.3, -0.25) is 0 Å². The highest BCUT2D eigenvalue weighted by molar-refractivity contribution is 5.77. The zero-order valence-corrected chi connectivity index (χ0v) is 17.3. The van der Waals surface area contributed by atoms with Crippen molar-refractivity contribution >= 4 is 11.0 Å². The first-order valence-corrected chi connectivity index (χ1v) is 10.1. The molecule has 7 heteroatoms. The van der Waals surface area contributed by atoms with Crippen molar-refractivity contribution in [3.8, 4) is 34.8 Å². The van der Waals surface area contributed by atoms with Gasteiger partial charge in [-0.05, 0) is 35.7 Å². The van der Waals surface area contributed by atoms with Gasteiger partial charge in [0, 0.05) is 23.9 Å². The zero-order chi connectivity index (χ0) is 21.4. The maximum Gasteiger partial charge on any atom is 0.336 e. The van der Waals surface area contributed by atoms with E-state index in [4.69, 9.17) is 23.4 Å². The fourth-order valence-electron chi connectivity index (χ4n) is 4.12. The molecule has 0 amide bonds. The molecule has 0 bridgehead atoms. The van der Waals surface area contributed by atoms with Crippen LogP contribution in [0.1, 0.15) is 17.2 Å². The van der Waals surface area contributed by atoms with Gasteiger partial charge in [-0.15, -0.1) is 0 Å². The van der Waals surface area contributed by atoms with Crippen LogP contribution in [0, 0.1) is 11.8 Å². The molecule has 0 saturated heterocycles. The molecule has 0 radical (unpaired) electrons. The summed E-state index contributed by atoms with van der Waals surface area (Å²) in [5, 5.41) is 0.841. The largest absolute Gasteiger partial charge is 0.492 e. The summed E-state index contributed by atoms with van der Waals surface area (Å²) in [7, 11) is 3.77. The van der Waals surface area contributed by atoms with Gasteiger partial charge in [-0.25, -0.2) is 4.79 Å². The Kier molecular flexibility index (Phi) is 4.92. The van der Waals surface area contributed by atoms with Crippen molar-refractivity contribution in [2.75, 3.05) is 34.1 Å². The van der Waals surface area contributed by atoms with Crippen LogP contribution in [0.3, 0.4) is 0 Å². The number of likely N-dealkylation sites (N-methyl/N-ethyl adjacent to an activating group) is 1. The summed E-state index contributed by atoms with van der Waals surface area (Å²) in [5.74, 6) is 9.17. The Bertz CT molecular complexity index is 1270. The molecule has 1 unspecified atom stereocenters. The predicted octanol–water partition coefficient (Wildman–Crippen LogP) is 1.72. The van der Waals surface area contributed by atoms with Crippen LogP contribution in [0.2, 0.25) is 0 Å². The van der Waals surface area contributed by atoms with E-state index in [0.29, 0.717) is 22.8 Å². The van der Waals surface area contributed by atoms with Crippen molar-refractivity contribution in [1.82, 2.24) is 0 Å². The Morgan fingerprint density at radius 1 is 1.19 bits per heavy atom. The van der Waals surface area contributed by atoms with Crippen molar-refractivity contribution in [3.05, 3.63) is 57.9 Å². The number of hydrogen-bond acceptors (Lipinski definition) is 6. The van der Waals surface area contributed by atoms with Crippen LogP contribution < -0.4 is 29.5 Å². The summed E-state index contributed by atoms with van der Waals surface area (Å²) in [6, 6.07) is 10.5. The topological polar surface area (TPSA) is 71.6 Å². The molecule has 3 aromatic rings. The number of ether oxygens (including phenoxy) is 4. The summed E-state index contributed by atoms with van der Waals surface area (Å²) >= 11 is 0. The quantitative estimate of drug-likeness (QED) is 0.514. The summed E-state index contributed by atoms with van der Waals surface area (Å²) in [6.45, 7) is 1.38. The summed E-state index contributed by atoms with van der Waals surface area (Å²) in [4.78, 5) is 12.7. The summed E-state index contributed by atoms with van der Waals surface area (Å²) < 4.78 is 27.9. The van der Waals surface area contributed by atoms with E-state index in [-0.39, 0.29) is 25.1 Å². The number of fused-ring (bicyclic) bond motifs is 3. The molecule has 2 aliphatic heterocycles. The number of quaternary nitrogens is 1. The minimum absolute atomic E-state index is 0.0635. The summed E-state index contributed by atoms with van der Waals surface area (Å²) in [6.07, 6.45) is 0.922. The minimum Gasteiger partial charge on any atom is -0.492 e. The predicted molar refractivity (Wildman–Crippen MR) is 113 cm³/mol. The number of hydrogen-bond donors (Lipinski definition) is 1. The Hall–Kier alpha value is -3.63. The number of rotatable bonds is 3. The molecule has 0 spiro atoms. The molecule has 1 aromatic heterocycles.